The largest absolute Gasteiger partial charge is 0.503 e. The molecule has 166 valence electrons. The summed E-state index contributed by atoms with van der Waals surface area (Å²) >= 11 is 0. The summed E-state index contributed by atoms with van der Waals surface area (Å²) in [7, 11) is 0. The molecule has 0 fully saturated rings. The summed E-state index contributed by atoms with van der Waals surface area (Å²) in [5, 5.41) is 11.5. The van der Waals surface area contributed by atoms with Crippen molar-refractivity contribution in [3.05, 3.63) is 82.8 Å². The monoisotopic (exact) mass is 433 g/mol. The summed E-state index contributed by atoms with van der Waals surface area (Å²) in [4.78, 5) is 28.0. The maximum absolute atomic E-state index is 13.5. The van der Waals surface area contributed by atoms with E-state index in [1.54, 1.807) is 12.1 Å². The first-order valence-corrected chi connectivity index (χ1v) is 10.9. The molecule has 6 nitrogen and oxygen atoms in total. The van der Waals surface area contributed by atoms with Gasteiger partial charge in [-0.3, -0.25) is 9.59 Å². The van der Waals surface area contributed by atoms with E-state index in [0.717, 1.165) is 22.9 Å². The molecule has 32 heavy (non-hydrogen) atoms. The molecule has 0 saturated carbocycles. The Balaban J connectivity index is 1.74. The van der Waals surface area contributed by atoms with E-state index in [1.807, 2.05) is 56.3 Å². The number of rotatable bonds is 8. The summed E-state index contributed by atoms with van der Waals surface area (Å²) in [6.07, 6.45) is 0.884. The zero-order valence-electron chi connectivity index (χ0n) is 18.5. The van der Waals surface area contributed by atoms with Crippen molar-refractivity contribution in [2.75, 3.05) is 13.2 Å². The minimum Gasteiger partial charge on any atom is -0.503 e. The van der Waals surface area contributed by atoms with Gasteiger partial charge in [-0.2, -0.15) is 0 Å². The zero-order chi connectivity index (χ0) is 22.8. The van der Waals surface area contributed by atoms with Gasteiger partial charge < -0.3 is 19.2 Å². The molecule has 2 heterocycles. The number of carbonyl (C=O) groups excluding carboxylic acids is 2. The highest BCUT2D eigenvalue weighted by Gasteiger charge is 2.44. The van der Waals surface area contributed by atoms with Gasteiger partial charge in [0.1, 0.15) is 5.58 Å². The number of ether oxygens (including phenoxy) is 1. The Labute approximate surface area is 187 Å². The molecule has 1 N–H and O–H groups in total. The van der Waals surface area contributed by atoms with Crippen LogP contribution in [0.25, 0.3) is 11.0 Å². The van der Waals surface area contributed by atoms with E-state index in [4.69, 9.17) is 9.15 Å². The summed E-state index contributed by atoms with van der Waals surface area (Å²) in [6.45, 7) is 6.44. The normalized spacial score (nSPS) is 16.6. The van der Waals surface area contributed by atoms with Gasteiger partial charge >= 0.3 is 0 Å². The van der Waals surface area contributed by atoms with Crippen molar-refractivity contribution in [3.63, 3.8) is 0 Å². The van der Waals surface area contributed by atoms with Gasteiger partial charge in [0.15, 0.2) is 11.5 Å². The van der Waals surface area contributed by atoms with Crippen LogP contribution >= 0.6 is 0 Å². The highest BCUT2D eigenvalue weighted by atomic mass is 16.5. The van der Waals surface area contributed by atoms with Gasteiger partial charge in [-0.15, -0.1) is 0 Å². The first-order valence-electron chi connectivity index (χ1n) is 10.9. The number of carbonyl (C=O) groups is 2. The second kappa shape index (κ2) is 9.01. The van der Waals surface area contributed by atoms with Crippen molar-refractivity contribution in [1.82, 2.24) is 4.90 Å². The number of aryl methyl sites for hydroxylation is 1. The topological polar surface area (TPSA) is 80.0 Å². The predicted octanol–water partition coefficient (Wildman–Crippen LogP) is 5.00. The fourth-order valence-electron chi connectivity index (χ4n) is 4.01. The Morgan fingerprint density at radius 2 is 1.88 bits per heavy atom. The second-order valence-electron chi connectivity index (χ2n) is 8.16. The average molecular weight is 434 g/mol. The molecule has 1 unspecified atom stereocenters. The number of hydrogen-bond acceptors (Lipinski definition) is 5. The van der Waals surface area contributed by atoms with Gasteiger partial charge in [-0.25, -0.2) is 0 Å². The molecule has 6 heteroatoms. The van der Waals surface area contributed by atoms with Gasteiger partial charge in [0, 0.05) is 11.9 Å². The van der Waals surface area contributed by atoms with E-state index in [0.29, 0.717) is 12.2 Å². The Bertz CT molecular complexity index is 1140. The van der Waals surface area contributed by atoms with Crippen LogP contribution in [0.5, 0.6) is 0 Å². The van der Waals surface area contributed by atoms with Gasteiger partial charge in [0.25, 0.3) is 5.91 Å². The van der Waals surface area contributed by atoms with Crippen molar-refractivity contribution in [3.8, 4) is 0 Å². The van der Waals surface area contributed by atoms with E-state index in [2.05, 4.69) is 6.92 Å². The number of nitrogens with zero attached hydrogens (tertiary/aromatic N) is 1. The van der Waals surface area contributed by atoms with Crippen LogP contribution in [0.2, 0.25) is 0 Å². The van der Waals surface area contributed by atoms with E-state index in [-0.39, 0.29) is 24.0 Å². The number of para-hydroxylation sites is 1. The first kappa shape index (κ1) is 21.8. The maximum atomic E-state index is 13.5. The third kappa shape index (κ3) is 4.06. The van der Waals surface area contributed by atoms with Gasteiger partial charge in [0.05, 0.1) is 24.3 Å². The standard InChI is InChI=1S/C26H27NO5/c1-4-17-9-11-18(12-10-17)23-22(25(29)26(30)27(23)13-14-31-16(2)3)24(28)21-15-19-7-5-6-8-20(19)32-21/h5-12,15-16,23,29H,4,13-14H2,1-3H3. The maximum Gasteiger partial charge on any atom is 0.290 e. The highest BCUT2D eigenvalue weighted by molar-refractivity contribution is 6.16. The fraction of sp³-hybridized carbons (Fsp3) is 0.308. The second-order valence-corrected chi connectivity index (χ2v) is 8.16. The van der Waals surface area contributed by atoms with Crippen LogP contribution in [-0.4, -0.2) is 41.0 Å². The molecule has 1 atom stereocenters. The van der Waals surface area contributed by atoms with Crippen molar-refractivity contribution in [1.29, 1.82) is 0 Å². The number of fused-ring (bicyclic) bond motifs is 1. The molecule has 0 bridgehead atoms. The van der Waals surface area contributed by atoms with Crippen LogP contribution in [0.3, 0.4) is 0 Å². The summed E-state index contributed by atoms with van der Waals surface area (Å²) < 4.78 is 11.4. The molecule has 0 spiro atoms. The van der Waals surface area contributed by atoms with Crippen molar-refractivity contribution in [2.24, 2.45) is 0 Å². The molecule has 1 aliphatic rings. The quantitative estimate of drug-likeness (QED) is 0.506. The number of ketones is 1. The number of amides is 1. The van der Waals surface area contributed by atoms with Crippen LogP contribution in [0, 0.1) is 0 Å². The number of benzene rings is 2. The third-order valence-corrected chi connectivity index (χ3v) is 5.68. The fourth-order valence-corrected chi connectivity index (χ4v) is 4.01. The number of hydrogen-bond donors (Lipinski definition) is 1. The lowest BCUT2D eigenvalue weighted by Crippen LogP contribution is -2.34. The average Bonchev–Trinajstić information content (AvgIpc) is 3.33. The molecule has 4 rings (SSSR count). The minimum atomic E-state index is -0.718. The zero-order valence-corrected chi connectivity index (χ0v) is 18.5. The summed E-state index contributed by atoms with van der Waals surface area (Å²) in [5.41, 5.74) is 2.50. The molecule has 0 radical (unpaired) electrons. The summed E-state index contributed by atoms with van der Waals surface area (Å²) in [5.74, 6) is -1.52. The summed E-state index contributed by atoms with van der Waals surface area (Å²) in [6, 6.07) is 16.0. The molecule has 1 amide bonds. The Kier molecular flexibility index (Phi) is 6.15. The SMILES string of the molecule is CCc1ccc(C2C(C(=O)c3cc4ccccc4o3)=C(O)C(=O)N2CCOC(C)C)cc1. The smallest absolute Gasteiger partial charge is 0.290 e. The first-order chi connectivity index (χ1) is 15.4. The number of Topliss-reactive ketones (excluding diaryl/α,β-unsaturated/α-hetero) is 1. The van der Waals surface area contributed by atoms with Crippen molar-refractivity contribution < 1.29 is 23.8 Å². The van der Waals surface area contributed by atoms with E-state index in [9.17, 15) is 14.7 Å². The predicted molar refractivity (Wildman–Crippen MR) is 122 cm³/mol. The van der Waals surface area contributed by atoms with Gasteiger partial charge in [-0.1, -0.05) is 49.4 Å². The number of furan rings is 1. The minimum absolute atomic E-state index is 0.00759. The van der Waals surface area contributed by atoms with Crippen LogP contribution in [0.4, 0.5) is 0 Å². The molecular weight excluding hydrogens is 406 g/mol. The molecule has 1 aromatic heterocycles. The van der Waals surface area contributed by atoms with Crippen LogP contribution in [-0.2, 0) is 16.0 Å². The molecule has 3 aromatic rings. The molecule has 0 saturated heterocycles. The molecule has 1 aliphatic heterocycles. The molecule has 2 aromatic carbocycles. The van der Waals surface area contributed by atoms with Crippen LogP contribution < -0.4 is 0 Å². The van der Waals surface area contributed by atoms with Crippen molar-refractivity contribution in [2.45, 2.75) is 39.3 Å². The van der Waals surface area contributed by atoms with Gasteiger partial charge in [0.2, 0.25) is 5.78 Å². The van der Waals surface area contributed by atoms with E-state index >= 15 is 0 Å². The Morgan fingerprint density at radius 1 is 1.16 bits per heavy atom. The van der Waals surface area contributed by atoms with Crippen LogP contribution in [0.1, 0.15) is 48.5 Å². The van der Waals surface area contributed by atoms with E-state index < -0.39 is 23.5 Å². The third-order valence-electron chi connectivity index (χ3n) is 5.68. The highest BCUT2D eigenvalue weighted by Crippen LogP contribution is 2.39. The Morgan fingerprint density at radius 3 is 2.53 bits per heavy atom. The number of aliphatic hydroxyl groups excluding tert-OH is 1. The number of aliphatic hydroxyl groups is 1. The van der Waals surface area contributed by atoms with E-state index in [1.165, 1.54) is 4.90 Å². The molecule has 0 aliphatic carbocycles. The lowest BCUT2D eigenvalue weighted by atomic mass is 9.94. The lowest BCUT2D eigenvalue weighted by Gasteiger charge is -2.27. The molecular formula is C26H27NO5. The lowest BCUT2D eigenvalue weighted by molar-refractivity contribution is -0.130. The Hall–Kier alpha value is -3.38. The van der Waals surface area contributed by atoms with Crippen molar-refractivity contribution >= 4 is 22.7 Å². The van der Waals surface area contributed by atoms with Crippen LogP contribution in [0.15, 0.2) is 70.3 Å². The van der Waals surface area contributed by atoms with Gasteiger partial charge in [-0.05, 0) is 43.5 Å².